The Bertz CT molecular complexity index is 609. The molecule has 0 unspecified atom stereocenters. The van der Waals surface area contributed by atoms with Crippen molar-refractivity contribution in [2.75, 3.05) is 67.0 Å². The highest BCUT2D eigenvalue weighted by molar-refractivity contribution is 5.76. The largest absolute Gasteiger partial charge is 0.343 e. The number of carbonyl (C=O) groups excluding carboxylic acids is 1. The first-order valence-electron chi connectivity index (χ1n) is 21.3. The van der Waals surface area contributed by atoms with Gasteiger partial charge in [0.1, 0.15) is 0 Å². The molecule has 1 amide bonds. The fraction of sp³-hybridized carbons (Fsp3) is 0.979. The minimum Gasteiger partial charge on any atom is -0.343 e. The molecule has 2 fully saturated rings. The number of nitrogens with zero attached hydrogens (tertiary/aromatic N) is 4. The van der Waals surface area contributed by atoms with Crippen LogP contribution < -0.4 is 0 Å². The number of likely N-dealkylation sites (N-methyl/N-ethyl adjacent to an activating group) is 1. The van der Waals surface area contributed by atoms with E-state index in [0.717, 1.165) is 61.4 Å². The molecule has 52 heavy (non-hydrogen) atoms. The summed E-state index contributed by atoms with van der Waals surface area (Å²) in [5.74, 6) is 5.96. The van der Waals surface area contributed by atoms with Gasteiger partial charge < -0.3 is 19.6 Å². The molecule has 5 nitrogen and oxygen atoms in total. The van der Waals surface area contributed by atoms with Crippen LogP contribution in [-0.2, 0) is 4.79 Å². The molecule has 5 heteroatoms. The highest BCUT2D eigenvalue weighted by Crippen LogP contribution is 2.16. The normalized spacial score (nSPS) is 14.9. The third-order valence-electron chi connectivity index (χ3n) is 8.70. The highest BCUT2D eigenvalue weighted by Gasteiger charge is 2.24. The van der Waals surface area contributed by atoms with Crippen molar-refractivity contribution in [3.05, 3.63) is 0 Å². The number of piperazine rings is 1. The summed E-state index contributed by atoms with van der Waals surface area (Å²) in [6, 6.07) is 0.465. The lowest BCUT2D eigenvalue weighted by molar-refractivity contribution is -0.133. The van der Waals surface area contributed by atoms with Crippen LogP contribution in [0.15, 0.2) is 0 Å². The Morgan fingerprint density at radius 1 is 0.519 bits per heavy atom. The predicted octanol–water partition coefficient (Wildman–Crippen LogP) is 13.6. The molecule has 0 saturated carbocycles. The maximum atomic E-state index is 11.8. The zero-order valence-corrected chi connectivity index (χ0v) is 39.2. The Hall–Kier alpha value is -0.650. The van der Waals surface area contributed by atoms with Crippen LogP contribution in [0, 0.1) is 41.4 Å². The molecular weight excluding hydrogens is 637 g/mol. The zero-order chi connectivity index (χ0) is 40.4. The molecule has 2 aliphatic heterocycles. The molecule has 0 atom stereocenters. The van der Waals surface area contributed by atoms with E-state index in [9.17, 15) is 4.79 Å². The van der Waals surface area contributed by atoms with Gasteiger partial charge in [0.15, 0.2) is 0 Å². The Labute approximate surface area is 335 Å². The van der Waals surface area contributed by atoms with Crippen LogP contribution in [-0.4, -0.2) is 98.5 Å². The first-order valence-corrected chi connectivity index (χ1v) is 21.3. The van der Waals surface area contributed by atoms with E-state index >= 15 is 0 Å². The standard InChI is InChI=1S/C12H24N2O.C9H20N2.4C5H12.C4H10.2CH4/c1-10(2)9-12(15)14(4)11-5-7-13(3)8-6-11;1-9(2)8-11-6-4-10(3)5-7-11;4*1-4-5(2)3;1-4(2)3;;/h10-11H,5-9H2,1-4H3;9H,4-8H2,1-3H3;4*5H,4H2,1-3H3;4H,1-3H3;2*1H4. The Kier molecular flexibility index (Phi) is 56.9. The fourth-order valence-corrected chi connectivity index (χ4v) is 3.63. The lowest BCUT2D eigenvalue weighted by Gasteiger charge is -2.35. The number of likely N-dealkylation sites (tertiary alicyclic amines) is 1. The molecule has 0 aromatic carbocycles. The molecule has 0 aromatic rings. The number of piperidine rings is 1. The summed E-state index contributed by atoms with van der Waals surface area (Å²) in [5.41, 5.74) is 0. The zero-order valence-electron chi connectivity index (χ0n) is 39.2. The van der Waals surface area contributed by atoms with Crippen LogP contribution in [0.1, 0.15) is 191 Å². The van der Waals surface area contributed by atoms with Gasteiger partial charge in [-0.2, -0.15) is 0 Å². The number of rotatable bonds is 9. The van der Waals surface area contributed by atoms with Gasteiger partial charge in [0, 0.05) is 52.2 Å². The molecule has 2 rings (SSSR count). The van der Waals surface area contributed by atoms with Crippen LogP contribution in [0.2, 0.25) is 0 Å². The molecule has 2 saturated heterocycles. The summed E-state index contributed by atoms with van der Waals surface area (Å²) in [6.07, 6.45) is 8.15. The van der Waals surface area contributed by atoms with Gasteiger partial charge in [0.2, 0.25) is 5.91 Å². The average molecular weight is 747 g/mol. The average Bonchev–Trinajstić information content (AvgIpc) is 3.02. The van der Waals surface area contributed by atoms with Crippen molar-refractivity contribution >= 4 is 5.91 Å². The molecule has 2 aliphatic rings. The van der Waals surface area contributed by atoms with Crippen molar-refractivity contribution in [1.29, 1.82) is 0 Å². The van der Waals surface area contributed by atoms with E-state index < -0.39 is 0 Å². The molecule has 2 heterocycles. The third-order valence-corrected chi connectivity index (χ3v) is 8.70. The van der Waals surface area contributed by atoms with Gasteiger partial charge in [-0.05, 0) is 81.5 Å². The van der Waals surface area contributed by atoms with Crippen molar-refractivity contribution < 1.29 is 4.79 Å². The lowest BCUT2D eigenvalue weighted by atomic mass is 10.0. The summed E-state index contributed by atoms with van der Waals surface area (Å²) in [6.45, 7) is 50.4. The van der Waals surface area contributed by atoms with Crippen molar-refractivity contribution in [3.63, 3.8) is 0 Å². The number of carbonyl (C=O) groups is 1. The summed E-state index contributed by atoms with van der Waals surface area (Å²) < 4.78 is 0. The van der Waals surface area contributed by atoms with Crippen molar-refractivity contribution in [3.8, 4) is 0 Å². The first kappa shape index (κ1) is 66.2. The number of amides is 1. The van der Waals surface area contributed by atoms with Crippen LogP contribution in [0.5, 0.6) is 0 Å². The van der Waals surface area contributed by atoms with Gasteiger partial charge in [-0.1, -0.05) is 172 Å². The van der Waals surface area contributed by atoms with Gasteiger partial charge in [0.25, 0.3) is 0 Å². The minimum absolute atomic E-state index is 0. The predicted molar refractivity (Wildman–Crippen MR) is 246 cm³/mol. The van der Waals surface area contributed by atoms with Gasteiger partial charge in [-0.25, -0.2) is 0 Å². The second-order valence-electron chi connectivity index (χ2n) is 18.1. The molecule has 0 bridgehead atoms. The van der Waals surface area contributed by atoms with Gasteiger partial charge in [-0.3, -0.25) is 4.79 Å². The Morgan fingerprint density at radius 3 is 1.02 bits per heavy atom. The second kappa shape index (κ2) is 44.7. The van der Waals surface area contributed by atoms with E-state index in [1.165, 1.54) is 58.4 Å². The summed E-state index contributed by atoms with van der Waals surface area (Å²) in [5, 5.41) is 0. The lowest BCUT2D eigenvalue weighted by Crippen LogP contribution is -2.45. The van der Waals surface area contributed by atoms with Crippen molar-refractivity contribution in [2.24, 2.45) is 41.4 Å². The number of hydrogen-bond donors (Lipinski definition) is 0. The second-order valence-corrected chi connectivity index (χ2v) is 18.1. The van der Waals surface area contributed by atoms with Crippen LogP contribution >= 0.6 is 0 Å². The summed E-state index contributed by atoms with van der Waals surface area (Å²) in [7, 11) is 6.31. The quantitative estimate of drug-likeness (QED) is 0.235. The Morgan fingerprint density at radius 2 is 0.788 bits per heavy atom. The highest BCUT2D eigenvalue weighted by atomic mass is 16.2. The molecule has 0 aromatic heterocycles. The maximum absolute atomic E-state index is 11.8. The van der Waals surface area contributed by atoms with Crippen LogP contribution in [0.4, 0.5) is 0 Å². The van der Waals surface area contributed by atoms with E-state index in [0.29, 0.717) is 24.3 Å². The van der Waals surface area contributed by atoms with E-state index in [-0.39, 0.29) is 14.9 Å². The van der Waals surface area contributed by atoms with Crippen LogP contribution in [0.3, 0.4) is 0 Å². The topological polar surface area (TPSA) is 30.0 Å². The van der Waals surface area contributed by atoms with Crippen molar-refractivity contribution in [1.82, 2.24) is 19.6 Å². The molecule has 324 valence electrons. The first-order chi connectivity index (χ1) is 23.0. The molecule has 0 N–H and O–H groups in total. The summed E-state index contributed by atoms with van der Waals surface area (Å²) in [4.78, 5) is 21.1. The molecule has 0 spiro atoms. The smallest absolute Gasteiger partial charge is 0.222 e. The Balaban J connectivity index is -0.0000000969. The summed E-state index contributed by atoms with van der Waals surface area (Å²) >= 11 is 0. The fourth-order valence-electron chi connectivity index (χ4n) is 3.63. The van der Waals surface area contributed by atoms with E-state index in [4.69, 9.17) is 0 Å². The van der Waals surface area contributed by atoms with Crippen LogP contribution in [0.25, 0.3) is 0 Å². The molecule has 0 radical (unpaired) electrons. The maximum Gasteiger partial charge on any atom is 0.222 e. The van der Waals surface area contributed by atoms with Crippen molar-refractivity contribution in [2.45, 2.75) is 197 Å². The molecule has 0 aliphatic carbocycles. The van der Waals surface area contributed by atoms with Gasteiger partial charge in [-0.15, -0.1) is 0 Å². The minimum atomic E-state index is 0. The SMILES string of the molecule is C.C.CC(C)C.CC(C)CC(=O)N(C)C1CCN(C)CC1.CC(C)CN1CCN(C)CC1.CCC(C)C.CCC(C)C.CCC(C)C.CCC(C)C. The van der Waals surface area contributed by atoms with E-state index in [2.05, 4.69) is 160 Å². The van der Waals surface area contributed by atoms with E-state index in [1.54, 1.807) is 0 Å². The molecular formula is C47H110N4O. The van der Waals surface area contributed by atoms with Gasteiger partial charge >= 0.3 is 0 Å². The third kappa shape index (κ3) is 61.4. The number of hydrogen-bond acceptors (Lipinski definition) is 4. The van der Waals surface area contributed by atoms with E-state index in [1.807, 2.05) is 11.9 Å². The monoisotopic (exact) mass is 747 g/mol. The van der Waals surface area contributed by atoms with Gasteiger partial charge in [0.05, 0.1) is 0 Å².